The molecule has 2 aromatic heterocycles. The molecule has 0 aliphatic heterocycles. The van der Waals surface area contributed by atoms with E-state index in [1.165, 1.54) is 6.07 Å². The van der Waals surface area contributed by atoms with E-state index in [2.05, 4.69) is 20.2 Å². The monoisotopic (exact) mass is 453 g/mol. The van der Waals surface area contributed by atoms with Crippen molar-refractivity contribution < 1.29 is 13.2 Å². The minimum Gasteiger partial charge on any atom is -0.366 e. The number of pyridine rings is 1. The molecule has 2 aromatic carbocycles. The van der Waals surface area contributed by atoms with Crippen LogP contribution >= 0.6 is 11.6 Å². The lowest BCUT2D eigenvalue weighted by Gasteiger charge is -2.13. The molecule has 0 atom stereocenters. The molecular formula is C21H16ClN5O3S. The maximum atomic E-state index is 12.8. The Kier molecular flexibility index (Phi) is 5.53. The summed E-state index contributed by atoms with van der Waals surface area (Å²) >= 11 is 6.38. The number of primary amides is 1. The van der Waals surface area contributed by atoms with Crippen molar-refractivity contribution in [1.82, 2.24) is 20.2 Å². The van der Waals surface area contributed by atoms with Crippen LogP contribution in [0, 0.1) is 0 Å². The van der Waals surface area contributed by atoms with Gasteiger partial charge in [-0.3, -0.25) is 14.9 Å². The molecule has 4 aromatic rings. The molecule has 8 nitrogen and oxygen atoms in total. The summed E-state index contributed by atoms with van der Waals surface area (Å²) in [5.74, 6) is -0.970. The van der Waals surface area contributed by atoms with Crippen LogP contribution in [0.25, 0.3) is 22.4 Å². The largest absolute Gasteiger partial charge is 0.366 e. The highest BCUT2D eigenvalue weighted by Crippen LogP contribution is 2.34. The summed E-state index contributed by atoms with van der Waals surface area (Å²) in [6.07, 6.45) is 2.78. The lowest BCUT2D eigenvalue weighted by Crippen LogP contribution is -2.12. The Balaban J connectivity index is 1.86. The van der Waals surface area contributed by atoms with Crippen LogP contribution in [0.3, 0.4) is 0 Å². The van der Waals surface area contributed by atoms with E-state index in [1.807, 2.05) is 12.1 Å². The van der Waals surface area contributed by atoms with Crippen LogP contribution in [0.5, 0.6) is 0 Å². The molecular weight excluding hydrogens is 438 g/mol. The summed E-state index contributed by atoms with van der Waals surface area (Å²) in [6.45, 7) is 0. The van der Waals surface area contributed by atoms with Crippen LogP contribution in [0.15, 0.2) is 72.3 Å². The number of aromatic nitrogens is 4. The van der Waals surface area contributed by atoms with E-state index in [9.17, 15) is 13.2 Å². The number of nitrogens with zero attached hydrogens (tertiary/aromatic N) is 3. The summed E-state index contributed by atoms with van der Waals surface area (Å²) < 4.78 is 25.5. The summed E-state index contributed by atoms with van der Waals surface area (Å²) in [5, 5.41) is 6.24. The molecule has 10 heteroatoms. The predicted octanol–water partition coefficient (Wildman–Crippen LogP) is 3.26. The molecule has 0 bridgehead atoms. The van der Waals surface area contributed by atoms with Gasteiger partial charge in [-0.1, -0.05) is 29.8 Å². The Labute approximate surface area is 183 Å². The molecule has 1 amide bonds. The van der Waals surface area contributed by atoms with Gasteiger partial charge >= 0.3 is 0 Å². The van der Waals surface area contributed by atoms with Crippen molar-refractivity contribution in [3.63, 3.8) is 0 Å². The zero-order valence-electron chi connectivity index (χ0n) is 16.0. The molecule has 31 heavy (non-hydrogen) atoms. The number of H-pyrrole nitrogens is 1. The van der Waals surface area contributed by atoms with E-state index in [-0.39, 0.29) is 16.5 Å². The van der Waals surface area contributed by atoms with Gasteiger partial charge in [0, 0.05) is 22.3 Å². The highest BCUT2D eigenvalue weighted by molar-refractivity contribution is 7.90. The van der Waals surface area contributed by atoms with Crippen LogP contribution in [-0.4, -0.2) is 34.5 Å². The molecule has 2 heterocycles. The van der Waals surface area contributed by atoms with Gasteiger partial charge in [-0.25, -0.2) is 13.4 Å². The van der Waals surface area contributed by atoms with Crippen LogP contribution < -0.4 is 5.73 Å². The van der Waals surface area contributed by atoms with Crippen LogP contribution in [0.1, 0.15) is 15.9 Å². The smallest absolute Gasteiger partial charge is 0.248 e. The summed E-state index contributed by atoms with van der Waals surface area (Å²) in [6, 6.07) is 15.3. The number of amides is 1. The van der Waals surface area contributed by atoms with Gasteiger partial charge in [0.05, 0.1) is 11.4 Å². The van der Waals surface area contributed by atoms with Gasteiger partial charge in [0.25, 0.3) is 0 Å². The van der Waals surface area contributed by atoms with Gasteiger partial charge in [0.15, 0.2) is 0 Å². The number of carbonyl (C=O) groups is 1. The Hall–Kier alpha value is -3.56. The van der Waals surface area contributed by atoms with E-state index < -0.39 is 15.7 Å². The quantitative estimate of drug-likeness (QED) is 0.460. The number of sulfone groups is 1. The lowest BCUT2D eigenvalue weighted by molar-refractivity contribution is 0.100. The molecule has 0 fully saturated rings. The number of carbonyl (C=O) groups excluding carboxylic acids is 1. The Morgan fingerprint density at radius 2 is 1.87 bits per heavy atom. The first-order chi connectivity index (χ1) is 14.8. The van der Waals surface area contributed by atoms with Gasteiger partial charge in [-0.15, -0.1) is 0 Å². The molecule has 0 spiro atoms. The van der Waals surface area contributed by atoms with Gasteiger partial charge in [-0.2, -0.15) is 5.10 Å². The maximum Gasteiger partial charge on any atom is 0.248 e. The standard InChI is InChI=1S/C21H16ClN5O3S/c22-18-7-6-13(9-17(18)19-3-1-2-8-24-19)16-10-14(20(23)28)4-5-15(16)11-31(29,30)21-25-12-26-27-21/h1-10,12H,11H2,(H2,23,28)(H,25,26,27). The highest BCUT2D eigenvalue weighted by Gasteiger charge is 2.22. The number of hydrogen-bond acceptors (Lipinski definition) is 6. The molecule has 0 saturated carbocycles. The molecule has 4 rings (SSSR count). The second-order valence-corrected chi connectivity index (χ2v) is 9.01. The Morgan fingerprint density at radius 3 is 2.55 bits per heavy atom. The van der Waals surface area contributed by atoms with Crippen molar-refractivity contribution in [3.8, 4) is 22.4 Å². The van der Waals surface area contributed by atoms with E-state index >= 15 is 0 Å². The third-order valence-corrected chi connectivity index (χ3v) is 6.45. The van der Waals surface area contributed by atoms with E-state index in [0.29, 0.717) is 33.0 Å². The SMILES string of the molecule is NC(=O)c1ccc(CS(=O)(=O)c2ncn[nH]2)c(-c2ccc(Cl)c(-c3ccccn3)c2)c1. The minimum atomic E-state index is -3.79. The van der Waals surface area contributed by atoms with Gasteiger partial charge in [0.2, 0.25) is 20.9 Å². The van der Waals surface area contributed by atoms with Gasteiger partial charge < -0.3 is 5.73 Å². The van der Waals surface area contributed by atoms with Crippen molar-refractivity contribution in [1.29, 1.82) is 0 Å². The van der Waals surface area contributed by atoms with E-state index in [1.54, 1.807) is 42.6 Å². The molecule has 0 aliphatic rings. The van der Waals surface area contributed by atoms with Gasteiger partial charge in [0.1, 0.15) is 6.33 Å². The Bertz CT molecular complexity index is 1360. The number of nitrogens with two attached hydrogens (primary N) is 1. The van der Waals surface area contributed by atoms with E-state index in [0.717, 1.165) is 6.33 Å². The van der Waals surface area contributed by atoms with Crippen molar-refractivity contribution in [2.75, 3.05) is 0 Å². The third kappa shape index (κ3) is 4.32. The van der Waals surface area contributed by atoms with Gasteiger partial charge in [-0.05, 0) is 53.1 Å². The van der Waals surface area contributed by atoms with E-state index in [4.69, 9.17) is 17.3 Å². The third-order valence-electron chi connectivity index (χ3n) is 4.65. The lowest BCUT2D eigenvalue weighted by atomic mass is 9.95. The summed E-state index contributed by atoms with van der Waals surface area (Å²) in [5.41, 5.74) is 8.71. The zero-order chi connectivity index (χ0) is 22.0. The summed E-state index contributed by atoms with van der Waals surface area (Å²) in [4.78, 5) is 19.8. The predicted molar refractivity (Wildman–Crippen MR) is 116 cm³/mol. The second kappa shape index (κ2) is 8.29. The molecule has 3 N–H and O–H groups in total. The average molecular weight is 454 g/mol. The first-order valence-corrected chi connectivity index (χ1v) is 11.1. The minimum absolute atomic E-state index is 0.234. The molecule has 0 unspecified atom stereocenters. The van der Waals surface area contributed by atoms with Crippen LogP contribution in [0.2, 0.25) is 5.02 Å². The second-order valence-electron chi connectivity index (χ2n) is 6.70. The highest BCUT2D eigenvalue weighted by atomic mass is 35.5. The number of benzene rings is 2. The Morgan fingerprint density at radius 1 is 1.03 bits per heavy atom. The van der Waals surface area contributed by atoms with Crippen LogP contribution in [-0.2, 0) is 15.6 Å². The molecule has 0 saturated heterocycles. The number of nitrogens with one attached hydrogen (secondary N) is 1. The fourth-order valence-corrected chi connectivity index (χ4v) is 4.56. The van der Waals surface area contributed by atoms with Crippen LogP contribution in [0.4, 0.5) is 0 Å². The number of rotatable bonds is 6. The van der Waals surface area contributed by atoms with Crippen molar-refractivity contribution >= 4 is 27.3 Å². The zero-order valence-corrected chi connectivity index (χ0v) is 17.6. The fraction of sp³-hybridized carbons (Fsp3) is 0.0476. The number of aromatic amines is 1. The topological polar surface area (TPSA) is 132 Å². The van der Waals surface area contributed by atoms with Crippen molar-refractivity contribution in [2.24, 2.45) is 5.73 Å². The number of hydrogen-bond donors (Lipinski definition) is 2. The number of halogens is 1. The fourth-order valence-electron chi connectivity index (χ4n) is 3.15. The first kappa shape index (κ1) is 20.7. The molecule has 156 valence electrons. The normalized spacial score (nSPS) is 11.4. The first-order valence-electron chi connectivity index (χ1n) is 9.07. The molecule has 0 aliphatic carbocycles. The maximum absolute atomic E-state index is 12.8. The van der Waals surface area contributed by atoms with Crippen molar-refractivity contribution in [3.05, 3.63) is 83.3 Å². The average Bonchev–Trinajstić information content (AvgIpc) is 3.31. The van der Waals surface area contributed by atoms with Crippen molar-refractivity contribution in [2.45, 2.75) is 10.9 Å². The summed E-state index contributed by atoms with van der Waals surface area (Å²) in [7, 11) is -3.79. The molecule has 0 radical (unpaired) electrons.